The molecule has 0 saturated carbocycles. The van der Waals surface area contributed by atoms with Gasteiger partial charge in [-0.25, -0.2) is 13.4 Å². The fraction of sp³-hybridized carbons (Fsp3) is 0.316. The molecule has 1 saturated heterocycles. The minimum absolute atomic E-state index is 0.0921. The van der Waals surface area contributed by atoms with E-state index in [0.717, 1.165) is 16.3 Å². The van der Waals surface area contributed by atoms with Crippen molar-refractivity contribution in [3.05, 3.63) is 52.8 Å². The molecule has 1 fully saturated rings. The third kappa shape index (κ3) is 3.59. The van der Waals surface area contributed by atoms with Crippen molar-refractivity contribution in [1.29, 1.82) is 0 Å². The maximum absolute atomic E-state index is 12.7. The van der Waals surface area contributed by atoms with E-state index in [1.807, 2.05) is 37.3 Å². The number of aromatic nitrogens is 3. The zero-order chi connectivity index (χ0) is 19.9. The van der Waals surface area contributed by atoms with Crippen molar-refractivity contribution in [3.8, 4) is 10.6 Å². The Labute approximate surface area is 167 Å². The van der Waals surface area contributed by atoms with Crippen LogP contribution in [0.5, 0.6) is 0 Å². The number of aryl methyl sites for hydroxylation is 1. The molecule has 3 aromatic rings. The molecule has 0 radical (unpaired) electrons. The van der Waals surface area contributed by atoms with Gasteiger partial charge in [0.15, 0.2) is 9.84 Å². The summed E-state index contributed by atoms with van der Waals surface area (Å²) in [4.78, 5) is 17.1. The zero-order valence-electron chi connectivity index (χ0n) is 15.5. The van der Waals surface area contributed by atoms with Gasteiger partial charge in [-0.3, -0.25) is 9.48 Å². The average Bonchev–Trinajstić information content (AvgIpc) is 3.36. The van der Waals surface area contributed by atoms with Crippen LogP contribution in [0.1, 0.15) is 34.3 Å². The minimum atomic E-state index is -3.01. The number of nitrogens with zero attached hydrogens (tertiary/aromatic N) is 3. The normalized spacial score (nSPS) is 18.3. The standard InChI is InChI=1S/C19H20N4O3S2/c1-12-17(13(2)23(22-12)15-8-9-28(25,26)11-15)21-18(24)16-10-27-19(20-16)14-6-4-3-5-7-14/h3-7,10,15H,8-9,11H2,1-2H3,(H,21,24). The van der Waals surface area contributed by atoms with E-state index in [9.17, 15) is 13.2 Å². The summed E-state index contributed by atoms with van der Waals surface area (Å²) in [6.45, 7) is 3.65. The first-order valence-electron chi connectivity index (χ1n) is 8.92. The molecule has 1 amide bonds. The highest BCUT2D eigenvalue weighted by Gasteiger charge is 2.31. The van der Waals surface area contributed by atoms with Crippen LogP contribution in [0.15, 0.2) is 35.7 Å². The van der Waals surface area contributed by atoms with Crippen LogP contribution in [0.3, 0.4) is 0 Å². The van der Waals surface area contributed by atoms with Crippen molar-refractivity contribution in [1.82, 2.24) is 14.8 Å². The molecule has 1 aliphatic heterocycles. The number of hydrogen-bond donors (Lipinski definition) is 1. The highest BCUT2D eigenvalue weighted by Crippen LogP contribution is 2.30. The number of thiazole rings is 1. The van der Waals surface area contributed by atoms with Crippen molar-refractivity contribution in [2.75, 3.05) is 16.8 Å². The van der Waals surface area contributed by atoms with Gasteiger partial charge in [-0.1, -0.05) is 30.3 Å². The summed E-state index contributed by atoms with van der Waals surface area (Å²) in [7, 11) is -3.01. The number of carbonyl (C=O) groups is 1. The van der Waals surface area contributed by atoms with E-state index in [-0.39, 0.29) is 23.5 Å². The molecule has 1 aromatic carbocycles. The van der Waals surface area contributed by atoms with E-state index in [4.69, 9.17) is 0 Å². The molecular formula is C19H20N4O3S2. The van der Waals surface area contributed by atoms with Gasteiger partial charge >= 0.3 is 0 Å². The molecule has 2 aromatic heterocycles. The van der Waals surface area contributed by atoms with Crippen LogP contribution >= 0.6 is 11.3 Å². The van der Waals surface area contributed by atoms with Crippen LogP contribution in [0.4, 0.5) is 5.69 Å². The van der Waals surface area contributed by atoms with Crippen molar-refractivity contribution in [2.24, 2.45) is 0 Å². The predicted molar refractivity (Wildman–Crippen MR) is 110 cm³/mol. The van der Waals surface area contributed by atoms with Gasteiger partial charge in [-0.15, -0.1) is 11.3 Å². The molecule has 9 heteroatoms. The first-order chi connectivity index (χ1) is 13.3. The van der Waals surface area contributed by atoms with Gasteiger partial charge < -0.3 is 5.32 Å². The number of benzene rings is 1. The number of nitrogens with one attached hydrogen (secondary N) is 1. The lowest BCUT2D eigenvalue weighted by molar-refractivity contribution is 0.102. The smallest absolute Gasteiger partial charge is 0.275 e. The first kappa shape index (κ1) is 18.8. The third-order valence-corrected chi connectivity index (χ3v) is 7.52. The molecule has 28 heavy (non-hydrogen) atoms. The van der Waals surface area contributed by atoms with E-state index < -0.39 is 9.84 Å². The van der Waals surface area contributed by atoms with Crippen LogP contribution in [0.2, 0.25) is 0 Å². The molecule has 0 bridgehead atoms. The van der Waals surface area contributed by atoms with Crippen LogP contribution in [-0.2, 0) is 9.84 Å². The van der Waals surface area contributed by atoms with Gasteiger partial charge in [0.2, 0.25) is 0 Å². The zero-order valence-corrected chi connectivity index (χ0v) is 17.2. The molecule has 7 nitrogen and oxygen atoms in total. The van der Waals surface area contributed by atoms with E-state index >= 15 is 0 Å². The molecule has 1 N–H and O–H groups in total. The van der Waals surface area contributed by atoms with Gasteiger partial charge in [-0.05, 0) is 20.3 Å². The largest absolute Gasteiger partial charge is 0.317 e. The summed E-state index contributed by atoms with van der Waals surface area (Å²) < 4.78 is 25.3. The Morgan fingerprint density at radius 1 is 1.25 bits per heavy atom. The molecule has 146 valence electrons. The quantitative estimate of drug-likeness (QED) is 0.705. The number of carbonyl (C=O) groups excluding carboxylic acids is 1. The van der Waals surface area contributed by atoms with Crippen molar-refractivity contribution in [3.63, 3.8) is 0 Å². The van der Waals surface area contributed by atoms with Gasteiger partial charge in [0.25, 0.3) is 5.91 Å². The minimum Gasteiger partial charge on any atom is -0.317 e. The van der Waals surface area contributed by atoms with Crippen molar-refractivity contribution < 1.29 is 13.2 Å². The Kier molecular flexibility index (Phi) is 4.80. The lowest BCUT2D eigenvalue weighted by atomic mass is 10.2. The highest BCUT2D eigenvalue weighted by molar-refractivity contribution is 7.91. The Bertz CT molecular complexity index is 1130. The molecule has 1 aliphatic rings. The lowest BCUT2D eigenvalue weighted by Crippen LogP contribution is -2.15. The summed E-state index contributed by atoms with van der Waals surface area (Å²) in [5, 5.41) is 9.89. The second-order valence-corrected chi connectivity index (χ2v) is 9.99. The molecular weight excluding hydrogens is 396 g/mol. The topological polar surface area (TPSA) is 94.0 Å². The Hall–Kier alpha value is -2.52. The Morgan fingerprint density at radius 3 is 2.68 bits per heavy atom. The lowest BCUT2D eigenvalue weighted by Gasteiger charge is -2.11. The fourth-order valence-corrected chi connectivity index (χ4v) is 5.93. The van der Waals surface area contributed by atoms with Gasteiger partial charge in [-0.2, -0.15) is 5.10 Å². The SMILES string of the molecule is Cc1nn(C2CCS(=O)(=O)C2)c(C)c1NC(=O)c1csc(-c2ccccc2)n1. The second-order valence-electron chi connectivity index (χ2n) is 6.91. The summed E-state index contributed by atoms with van der Waals surface area (Å²) in [6, 6.07) is 9.52. The van der Waals surface area contributed by atoms with Crippen LogP contribution in [0.25, 0.3) is 10.6 Å². The van der Waals surface area contributed by atoms with Crippen LogP contribution < -0.4 is 5.32 Å². The summed E-state index contributed by atoms with van der Waals surface area (Å²) in [5.41, 5.74) is 3.34. The molecule has 0 aliphatic carbocycles. The molecule has 0 spiro atoms. The fourth-order valence-electron chi connectivity index (χ4n) is 3.44. The highest BCUT2D eigenvalue weighted by atomic mass is 32.2. The number of amides is 1. The first-order valence-corrected chi connectivity index (χ1v) is 11.6. The number of anilines is 1. The summed E-state index contributed by atoms with van der Waals surface area (Å²) >= 11 is 1.42. The summed E-state index contributed by atoms with van der Waals surface area (Å²) in [6.07, 6.45) is 0.546. The van der Waals surface area contributed by atoms with Gasteiger partial charge in [0.1, 0.15) is 10.7 Å². The number of sulfone groups is 1. The maximum atomic E-state index is 12.7. The van der Waals surface area contributed by atoms with Crippen LogP contribution in [0, 0.1) is 13.8 Å². The Balaban J connectivity index is 1.55. The van der Waals surface area contributed by atoms with E-state index in [1.54, 1.807) is 17.0 Å². The second kappa shape index (κ2) is 7.14. The monoisotopic (exact) mass is 416 g/mol. The third-order valence-electron chi connectivity index (χ3n) is 4.88. The molecule has 1 unspecified atom stereocenters. The molecule has 3 heterocycles. The predicted octanol–water partition coefficient (Wildman–Crippen LogP) is 3.24. The maximum Gasteiger partial charge on any atom is 0.275 e. The number of hydrogen-bond acceptors (Lipinski definition) is 6. The van der Waals surface area contributed by atoms with Gasteiger partial charge in [0.05, 0.1) is 34.6 Å². The van der Waals surface area contributed by atoms with Gasteiger partial charge in [0, 0.05) is 10.9 Å². The van der Waals surface area contributed by atoms with Crippen LogP contribution in [-0.4, -0.2) is 40.6 Å². The van der Waals surface area contributed by atoms with E-state index in [0.29, 0.717) is 23.5 Å². The van der Waals surface area contributed by atoms with E-state index in [1.165, 1.54) is 11.3 Å². The average molecular weight is 417 g/mol. The molecule has 1 atom stereocenters. The Morgan fingerprint density at radius 2 is 2.00 bits per heavy atom. The summed E-state index contributed by atoms with van der Waals surface area (Å²) in [5.74, 6) is -0.0311. The number of rotatable bonds is 4. The molecule has 4 rings (SSSR count). The van der Waals surface area contributed by atoms with Crippen molar-refractivity contribution in [2.45, 2.75) is 26.3 Å². The van der Waals surface area contributed by atoms with E-state index in [2.05, 4.69) is 15.4 Å². The van der Waals surface area contributed by atoms with Crippen molar-refractivity contribution >= 4 is 32.8 Å².